The Balaban J connectivity index is 4.39. The minimum atomic E-state index is -1.23. The first-order valence-electron chi connectivity index (χ1n) is 8.31. The van der Waals surface area contributed by atoms with E-state index >= 15 is 0 Å². The van der Waals surface area contributed by atoms with Crippen molar-refractivity contribution in [3.63, 3.8) is 0 Å². The van der Waals surface area contributed by atoms with E-state index in [1.54, 1.807) is 19.9 Å². The van der Waals surface area contributed by atoms with Gasteiger partial charge >= 0.3 is 11.9 Å². The smallest absolute Gasteiger partial charge is 0.328 e. The van der Waals surface area contributed by atoms with E-state index in [0.717, 1.165) is 11.6 Å². The molecule has 0 radical (unpaired) electrons. The van der Waals surface area contributed by atoms with Crippen LogP contribution < -0.4 is 0 Å². The highest BCUT2D eigenvalue weighted by atomic mass is 16.4. The molecule has 0 aromatic rings. The number of rotatable bonds is 12. The number of aliphatic hydroxyl groups is 3. The molecule has 5 N–H and O–H groups in total. The molecule has 0 unspecified atom stereocenters. The van der Waals surface area contributed by atoms with Crippen LogP contribution in [-0.2, 0) is 9.59 Å². The maximum atomic E-state index is 10.8. The predicted octanol–water partition coefficient (Wildman–Crippen LogP) is 1.72. The van der Waals surface area contributed by atoms with E-state index in [4.69, 9.17) is 15.3 Å². The zero-order valence-corrected chi connectivity index (χ0v) is 15.1. The number of allylic oxidation sites excluding steroid dienone is 2. The van der Waals surface area contributed by atoms with Crippen LogP contribution in [0.5, 0.6) is 0 Å². The minimum absolute atomic E-state index is 0.239. The van der Waals surface area contributed by atoms with Crippen molar-refractivity contribution < 1.29 is 35.1 Å². The summed E-state index contributed by atoms with van der Waals surface area (Å²) in [7, 11) is 0. The van der Waals surface area contributed by atoms with Crippen LogP contribution in [0.1, 0.15) is 52.9 Å². The predicted molar refractivity (Wildman–Crippen MR) is 93.1 cm³/mol. The molecule has 0 heterocycles. The Hall–Kier alpha value is -1.70. The molecule has 0 fully saturated rings. The van der Waals surface area contributed by atoms with Crippen LogP contribution in [0.25, 0.3) is 0 Å². The Morgan fingerprint density at radius 1 is 1.12 bits per heavy atom. The number of carboxylic acid groups (broad SMARTS) is 2. The van der Waals surface area contributed by atoms with Crippen molar-refractivity contribution in [2.45, 2.75) is 64.6 Å². The SMILES string of the molecule is CC(=C\C(=O)O)/C=C(\C)C[C@](C)(O)CCCC[C@H](O)[C@@H](CO)C(=O)O. The highest BCUT2D eigenvalue weighted by Gasteiger charge is 2.26. The summed E-state index contributed by atoms with van der Waals surface area (Å²) >= 11 is 0. The average molecular weight is 358 g/mol. The first-order valence-corrected chi connectivity index (χ1v) is 8.31. The van der Waals surface area contributed by atoms with E-state index in [0.29, 0.717) is 31.3 Å². The Morgan fingerprint density at radius 3 is 2.20 bits per heavy atom. The number of carboxylic acids is 2. The molecule has 0 saturated carbocycles. The lowest BCUT2D eigenvalue weighted by Gasteiger charge is -2.24. The van der Waals surface area contributed by atoms with Crippen LogP contribution in [0.3, 0.4) is 0 Å². The van der Waals surface area contributed by atoms with Gasteiger partial charge in [-0.25, -0.2) is 4.79 Å². The molecule has 7 heteroatoms. The van der Waals surface area contributed by atoms with Crippen LogP contribution >= 0.6 is 0 Å². The topological polar surface area (TPSA) is 135 Å². The van der Waals surface area contributed by atoms with Crippen LogP contribution in [0.15, 0.2) is 23.3 Å². The third-order valence-electron chi connectivity index (χ3n) is 3.93. The molecule has 0 bridgehead atoms. The van der Waals surface area contributed by atoms with Gasteiger partial charge < -0.3 is 25.5 Å². The van der Waals surface area contributed by atoms with Crippen LogP contribution in [0, 0.1) is 5.92 Å². The van der Waals surface area contributed by atoms with E-state index in [1.165, 1.54) is 0 Å². The molecule has 0 aliphatic carbocycles. The summed E-state index contributed by atoms with van der Waals surface area (Å²) in [6, 6.07) is 0. The van der Waals surface area contributed by atoms with Gasteiger partial charge in [-0.05, 0) is 45.6 Å². The molecule has 3 atom stereocenters. The fourth-order valence-corrected chi connectivity index (χ4v) is 2.79. The molecule has 144 valence electrons. The fourth-order valence-electron chi connectivity index (χ4n) is 2.79. The van der Waals surface area contributed by atoms with E-state index in [2.05, 4.69) is 0 Å². The highest BCUT2D eigenvalue weighted by molar-refractivity contribution is 5.81. The van der Waals surface area contributed by atoms with E-state index < -0.39 is 36.2 Å². The molecule has 0 spiro atoms. The Kier molecular flexibility index (Phi) is 10.3. The van der Waals surface area contributed by atoms with Gasteiger partial charge in [0.15, 0.2) is 0 Å². The van der Waals surface area contributed by atoms with E-state index in [1.807, 2.05) is 6.92 Å². The van der Waals surface area contributed by atoms with E-state index in [9.17, 15) is 19.8 Å². The second-order valence-electron chi connectivity index (χ2n) is 6.83. The number of hydrogen-bond donors (Lipinski definition) is 5. The quantitative estimate of drug-likeness (QED) is 0.204. The van der Waals surface area contributed by atoms with Gasteiger partial charge in [-0.15, -0.1) is 0 Å². The third kappa shape index (κ3) is 10.7. The monoisotopic (exact) mass is 358 g/mol. The summed E-state index contributed by atoms with van der Waals surface area (Å²) in [6.45, 7) is 4.57. The Labute approximate surface area is 148 Å². The Bertz CT molecular complexity index is 506. The van der Waals surface area contributed by atoms with Crippen molar-refractivity contribution in [1.82, 2.24) is 0 Å². The standard InChI is InChI=1S/C18H30O7/c1-12(9-16(21)22)8-13(2)10-18(3,25)7-5-4-6-15(20)14(11-19)17(23)24/h8-9,14-15,19-20,25H,4-7,10-11H2,1-3H3,(H,21,22)(H,23,24)/b12-9+,13-8+/t14-,15+,18-/m1/s1. The van der Waals surface area contributed by atoms with Crippen LogP contribution in [-0.4, -0.2) is 55.8 Å². The van der Waals surface area contributed by atoms with Gasteiger partial charge in [-0.1, -0.05) is 24.5 Å². The van der Waals surface area contributed by atoms with Gasteiger partial charge in [0.2, 0.25) is 0 Å². The lowest BCUT2D eigenvalue weighted by atomic mass is 9.89. The number of aliphatic carboxylic acids is 2. The van der Waals surface area contributed by atoms with Gasteiger partial charge in [-0.2, -0.15) is 0 Å². The van der Waals surface area contributed by atoms with Crippen molar-refractivity contribution in [3.05, 3.63) is 23.3 Å². The summed E-state index contributed by atoms with van der Waals surface area (Å²) in [5, 5.41) is 46.7. The number of aliphatic hydroxyl groups excluding tert-OH is 2. The normalized spacial score (nSPS) is 17.7. The van der Waals surface area contributed by atoms with Crippen molar-refractivity contribution in [3.8, 4) is 0 Å². The molecular weight excluding hydrogens is 328 g/mol. The molecular formula is C18H30O7. The van der Waals surface area contributed by atoms with Gasteiger partial charge in [0.1, 0.15) is 5.92 Å². The summed E-state index contributed by atoms with van der Waals surface area (Å²) in [4.78, 5) is 21.4. The van der Waals surface area contributed by atoms with Crippen molar-refractivity contribution in [2.75, 3.05) is 6.61 Å². The first-order chi connectivity index (χ1) is 11.5. The first kappa shape index (κ1) is 23.3. The molecule has 0 aromatic carbocycles. The summed E-state index contributed by atoms with van der Waals surface area (Å²) < 4.78 is 0. The van der Waals surface area contributed by atoms with Crippen LogP contribution in [0.4, 0.5) is 0 Å². The largest absolute Gasteiger partial charge is 0.481 e. The minimum Gasteiger partial charge on any atom is -0.481 e. The summed E-state index contributed by atoms with van der Waals surface area (Å²) in [6.07, 6.45) is 3.91. The zero-order chi connectivity index (χ0) is 19.6. The molecule has 0 aliphatic rings. The lowest BCUT2D eigenvalue weighted by Crippen LogP contribution is -2.31. The molecule has 0 aromatic heterocycles. The molecule has 0 aliphatic heterocycles. The van der Waals surface area contributed by atoms with Gasteiger partial charge in [0, 0.05) is 6.08 Å². The van der Waals surface area contributed by atoms with Gasteiger partial charge in [0.05, 0.1) is 18.3 Å². The molecule has 0 rings (SSSR count). The highest BCUT2D eigenvalue weighted by Crippen LogP contribution is 2.24. The maximum absolute atomic E-state index is 10.8. The summed E-state index contributed by atoms with van der Waals surface area (Å²) in [5.74, 6) is -3.43. The average Bonchev–Trinajstić information content (AvgIpc) is 2.41. The maximum Gasteiger partial charge on any atom is 0.328 e. The second-order valence-corrected chi connectivity index (χ2v) is 6.83. The Morgan fingerprint density at radius 2 is 1.72 bits per heavy atom. The summed E-state index contributed by atoms with van der Waals surface area (Å²) in [5.41, 5.74) is 0.469. The van der Waals surface area contributed by atoms with E-state index in [-0.39, 0.29) is 6.42 Å². The zero-order valence-electron chi connectivity index (χ0n) is 15.1. The molecule has 7 nitrogen and oxygen atoms in total. The van der Waals surface area contributed by atoms with Crippen molar-refractivity contribution in [2.24, 2.45) is 5.92 Å². The lowest BCUT2D eigenvalue weighted by molar-refractivity contribution is -0.147. The molecule has 25 heavy (non-hydrogen) atoms. The number of hydrogen-bond acceptors (Lipinski definition) is 5. The third-order valence-corrected chi connectivity index (χ3v) is 3.93. The van der Waals surface area contributed by atoms with Gasteiger partial charge in [-0.3, -0.25) is 4.79 Å². The van der Waals surface area contributed by atoms with Crippen molar-refractivity contribution >= 4 is 11.9 Å². The fraction of sp³-hybridized carbons (Fsp3) is 0.667. The molecule has 0 amide bonds. The van der Waals surface area contributed by atoms with Crippen molar-refractivity contribution in [1.29, 1.82) is 0 Å². The molecule has 0 saturated heterocycles. The second kappa shape index (κ2) is 11.0. The van der Waals surface area contributed by atoms with Gasteiger partial charge in [0.25, 0.3) is 0 Å². The van der Waals surface area contributed by atoms with Crippen LogP contribution in [0.2, 0.25) is 0 Å². The number of carbonyl (C=O) groups is 2. The number of unbranched alkanes of at least 4 members (excludes halogenated alkanes) is 1.